The molecule has 2 bridgehead atoms. The normalized spacial score (nSPS) is 21.6. The highest BCUT2D eigenvalue weighted by Crippen LogP contribution is 2.56. The Morgan fingerprint density at radius 2 is 1.85 bits per heavy atom. The number of hydrogen-bond donors (Lipinski definition) is 0. The van der Waals surface area contributed by atoms with Crippen LogP contribution in [-0.2, 0) is 5.41 Å². The summed E-state index contributed by atoms with van der Waals surface area (Å²) in [7, 11) is 0. The first-order valence-electron chi connectivity index (χ1n) is 10.2. The SMILES string of the molecule is Cc1cc2nc3c4cccc(C(C)(C)C)c4ncn3c2c2c1C1CCC2C1. The van der Waals surface area contributed by atoms with Gasteiger partial charge in [0, 0.05) is 5.39 Å². The summed E-state index contributed by atoms with van der Waals surface area (Å²) < 4.78 is 2.27. The molecule has 0 aliphatic heterocycles. The molecule has 4 aromatic rings. The fourth-order valence-corrected chi connectivity index (χ4v) is 5.79. The predicted molar refractivity (Wildman–Crippen MR) is 111 cm³/mol. The summed E-state index contributed by atoms with van der Waals surface area (Å²) in [6, 6.07) is 8.84. The number of benzene rings is 2. The van der Waals surface area contributed by atoms with Gasteiger partial charge in [-0.2, -0.15) is 0 Å². The summed E-state index contributed by atoms with van der Waals surface area (Å²) in [5, 5.41) is 1.16. The zero-order valence-electron chi connectivity index (χ0n) is 16.5. The van der Waals surface area contributed by atoms with Crippen molar-refractivity contribution in [3.8, 4) is 0 Å². The lowest BCUT2D eigenvalue weighted by Crippen LogP contribution is -2.12. The Morgan fingerprint density at radius 1 is 1.07 bits per heavy atom. The minimum absolute atomic E-state index is 0.0633. The second-order valence-electron chi connectivity index (χ2n) is 9.60. The Labute approximate surface area is 159 Å². The van der Waals surface area contributed by atoms with Crippen molar-refractivity contribution >= 4 is 27.6 Å². The third kappa shape index (κ3) is 1.92. The van der Waals surface area contributed by atoms with E-state index in [0.717, 1.165) is 28.0 Å². The number of aryl methyl sites for hydroxylation is 1. The van der Waals surface area contributed by atoms with E-state index in [-0.39, 0.29) is 5.41 Å². The second kappa shape index (κ2) is 4.89. The van der Waals surface area contributed by atoms with Gasteiger partial charge in [0.2, 0.25) is 0 Å². The molecule has 1 saturated carbocycles. The van der Waals surface area contributed by atoms with E-state index in [9.17, 15) is 0 Å². The molecule has 136 valence electrons. The van der Waals surface area contributed by atoms with E-state index in [1.807, 2.05) is 6.33 Å². The van der Waals surface area contributed by atoms with Crippen LogP contribution >= 0.6 is 0 Å². The zero-order chi connectivity index (χ0) is 18.5. The molecule has 3 nitrogen and oxygen atoms in total. The molecule has 2 heterocycles. The molecular weight excluding hydrogens is 330 g/mol. The average Bonchev–Trinajstić information content (AvgIpc) is 3.32. The minimum atomic E-state index is 0.0633. The van der Waals surface area contributed by atoms with E-state index in [0.29, 0.717) is 5.92 Å². The van der Waals surface area contributed by atoms with E-state index in [2.05, 4.69) is 56.4 Å². The summed E-state index contributed by atoms with van der Waals surface area (Å²) in [5.74, 6) is 1.48. The number of nitrogens with zero attached hydrogens (tertiary/aromatic N) is 3. The van der Waals surface area contributed by atoms with Gasteiger partial charge in [0.25, 0.3) is 0 Å². The van der Waals surface area contributed by atoms with Crippen LogP contribution in [0.2, 0.25) is 0 Å². The number of para-hydroxylation sites is 1. The lowest BCUT2D eigenvalue weighted by atomic mass is 9.85. The molecule has 2 aromatic heterocycles. The molecule has 27 heavy (non-hydrogen) atoms. The smallest absolute Gasteiger partial charge is 0.148 e. The molecular formula is C24H25N3. The number of fused-ring (bicyclic) bond motifs is 11. The van der Waals surface area contributed by atoms with Gasteiger partial charge in [0.05, 0.1) is 16.6 Å². The number of hydrogen-bond acceptors (Lipinski definition) is 2. The molecule has 2 aliphatic carbocycles. The first-order chi connectivity index (χ1) is 12.9. The molecule has 0 radical (unpaired) electrons. The van der Waals surface area contributed by atoms with E-state index >= 15 is 0 Å². The fourth-order valence-electron chi connectivity index (χ4n) is 5.79. The van der Waals surface area contributed by atoms with Crippen LogP contribution in [0.25, 0.3) is 27.6 Å². The fraction of sp³-hybridized carbons (Fsp3) is 0.417. The first-order valence-corrected chi connectivity index (χ1v) is 10.2. The average molecular weight is 355 g/mol. The van der Waals surface area contributed by atoms with Crippen molar-refractivity contribution in [2.45, 2.75) is 64.2 Å². The zero-order valence-corrected chi connectivity index (χ0v) is 16.5. The number of imidazole rings is 1. The topological polar surface area (TPSA) is 30.2 Å². The van der Waals surface area contributed by atoms with Gasteiger partial charge in [0.1, 0.15) is 12.0 Å². The van der Waals surface area contributed by atoms with Gasteiger partial charge in [-0.05, 0) is 77.8 Å². The lowest BCUT2D eigenvalue weighted by molar-refractivity contribution is 0.594. The monoisotopic (exact) mass is 355 g/mol. The third-order valence-corrected chi connectivity index (χ3v) is 6.90. The van der Waals surface area contributed by atoms with Crippen LogP contribution in [0.3, 0.4) is 0 Å². The van der Waals surface area contributed by atoms with Gasteiger partial charge in [-0.15, -0.1) is 0 Å². The van der Waals surface area contributed by atoms with Crippen LogP contribution in [0.5, 0.6) is 0 Å². The van der Waals surface area contributed by atoms with E-state index in [4.69, 9.17) is 9.97 Å². The van der Waals surface area contributed by atoms with Gasteiger partial charge < -0.3 is 0 Å². The summed E-state index contributed by atoms with van der Waals surface area (Å²) in [6.45, 7) is 9.03. The molecule has 2 atom stereocenters. The van der Waals surface area contributed by atoms with E-state index in [1.165, 1.54) is 35.9 Å². The van der Waals surface area contributed by atoms with Gasteiger partial charge >= 0.3 is 0 Å². The molecule has 0 N–H and O–H groups in total. The van der Waals surface area contributed by atoms with Gasteiger partial charge in [-0.1, -0.05) is 32.9 Å². The Morgan fingerprint density at radius 3 is 2.63 bits per heavy atom. The molecule has 2 unspecified atom stereocenters. The van der Waals surface area contributed by atoms with Gasteiger partial charge in [0.15, 0.2) is 0 Å². The molecule has 1 fully saturated rings. The standard InChI is InChI=1S/C24H25N3/c1-13-10-18-22(20-15-9-8-14(11-15)19(13)20)27-12-25-21-16(23(27)26-18)6-5-7-17(21)24(2,3)4/h5-7,10,12,14-15H,8-9,11H2,1-4H3. The molecule has 2 aliphatic rings. The van der Waals surface area contributed by atoms with Crippen LogP contribution in [0.1, 0.15) is 74.1 Å². The van der Waals surface area contributed by atoms with Crippen molar-refractivity contribution in [1.82, 2.24) is 14.4 Å². The molecule has 3 heteroatoms. The van der Waals surface area contributed by atoms with Crippen molar-refractivity contribution in [3.63, 3.8) is 0 Å². The maximum absolute atomic E-state index is 5.11. The van der Waals surface area contributed by atoms with Gasteiger partial charge in [-0.3, -0.25) is 4.40 Å². The minimum Gasteiger partial charge on any atom is -0.282 e. The van der Waals surface area contributed by atoms with Crippen LogP contribution in [0.4, 0.5) is 0 Å². The quantitative estimate of drug-likeness (QED) is 0.387. The van der Waals surface area contributed by atoms with Crippen molar-refractivity contribution in [2.75, 3.05) is 0 Å². The van der Waals surface area contributed by atoms with Gasteiger partial charge in [-0.25, -0.2) is 9.97 Å². The first kappa shape index (κ1) is 15.6. The maximum atomic E-state index is 5.11. The Kier molecular flexibility index (Phi) is 2.83. The Hall–Kier alpha value is -2.42. The molecule has 0 amide bonds. The maximum Gasteiger partial charge on any atom is 0.148 e. The number of aromatic nitrogens is 3. The van der Waals surface area contributed by atoms with E-state index in [1.54, 1.807) is 11.1 Å². The van der Waals surface area contributed by atoms with Crippen molar-refractivity contribution in [1.29, 1.82) is 0 Å². The Bertz CT molecular complexity index is 1260. The van der Waals surface area contributed by atoms with Crippen LogP contribution in [0, 0.1) is 6.92 Å². The highest BCUT2D eigenvalue weighted by molar-refractivity contribution is 5.99. The highest BCUT2D eigenvalue weighted by Gasteiger charge is 2.40. The lowest BCUT2D eigenvalue weighted by Gasteiger charge is -2.21. The predicted octanol–water partition coefficient (Wildman–Crippen LogP) is 6.01. The number of rotatable bonds is 0. The summed E-state index contributed by atoms with van der Waals surface area (Å²) >= 11 is 0. The van der Waals surface area contributed by atoms with Crippen LogP contribution in [0.15, 0.2) is 30.6 Å². The van der Waals surface area contributed by atoms with Crippen molar-refractivity contribution in [3.05, 3.63) is 52.8 Å². The largest absolute Gasteiger partial charge is 0.282 e. The molecule has 0 spiro atoms. The summed E-state index contributed by atoms with van der Waals surface area (Å²) in [5.41, 5.74) is 10.6. The Balaban J connectivity index is 1.77. The molecule has 6 rings (SSSR count). The van der Waals surface area contributed by atoms with Crippen molar-refractivity contribution < 1.29 is 0 Å². The third-order valence-electron chi connectivity index (χ3n) is 6.90. The second-order valence-corrected chi connectivity index (χ2v) is 9.60. The van der Waals surface area contributed by atoms with E-state index < -0.39 is 0 Å². The summed E-state index contributed by atoms with van der Waals surface area (Å²) in [6.07, 6.45) is 6.04. The molecule has 2 aromatic carbocycles. The van der Waals surface area contributed by atoms with Crippen LogP contribution in [-0.4, -0.2) is 14.4 Å². The summed E-state index contributed by atoms with van der Waals surface area (Å²) in [4.78, 5) is 10.0. The molecule has 0 saturated heterocycles. The van der Waals surface area contributed by atoms with Crippen LogP contribution < -0.4 is 0 Å². The van der Waals surface area contributed by atoms with Crippen molar-refractivity contribution in [2.24, 2.45) is 0 Å². The highest BCUT2D eigenvalue weighted by atomic mass is 15.1.